The van der Waals surface area contributed by atoms with E-state index in [1.807, 2.05) is 31.2 Å². The van der Waals surface area contributed by atoms with E-state index < -0.39 is 0 Å². The van der Waals surface area contributed by atoms with Gasteiger partial charge < -0.3 is 9.84 Å². The Bertz CT molecular complexity index is 865. The summed E-state index contributed by atoms with van der Waals surface area (Å²) in [5, 5.41) is 11.9. The molecule has 0 spiro atoms. The minimum Gasteiger partial charge on any atom is -0.462 e. The van der Waals surface area contributed by atoms with Crippen molar-refractivity contribution in [2.24, 2.45) is 11.8 Å². The monoisotopic (exact) mass is 516 g/mol. The van der Waals surface area contributed by atoms with Crippen LogP contribution >= 0.6 is 46.1 Å². The highest BCUT2D eigenvalue weighted by molar-refractivity contribution is 7.13. The lowest BCUT2D eigenvalue weighted by atomic mass is 9.85. The average Bonchev–Trinajstić information content (AvgIpc) is 3.31. The summed E-state index contributed by atoms with van der Waals surface area (Å²) in [6, 6.07) is 9.52. The number of esters is 1. The normalized spacial score (nSPS) is 22.9. The third-order valence-corrected chi connectivity index (χ3v) is 8.22. The van der Waals surface area contributed by atoms with Crippen LogP contribution in [0.2, 0.25) is 10.0 Å². The topological polar surface area (TPSA) is 46.5 Å². The molecule has 0 aliphatic heterocycles. The molecule has 2 aromatic rings. The summed E-state index contributed by atoms with van der Waals surface area (Å²) in [6.45, 7) is 2.44. The lowest BCUT2D eigenvalue weighted by molar-refractivity contribution is 0.0511. The zero-order chi connectivity index (χ0) is 23.1. The fourth-order valence-corrected chi connectivity index (χ4v) is 6.64. The van der Waals surface area contributed by atoms with Crippen LogP contribution in [-0.4, -0.2) is 29.2 Å². The molecular formula is C25H31Cl3O3S. The Morgan fingerprint density at radius 3 is 2.50 bits per heavy atom. The number of aliphatic hydroxyl groups excluding tert-OH is 1. The van der Waals surface area contributed by atoms with Gasteiger partial charge in [0, 0.05) is 20.3 Å². The third kappa shape index (κ3) is 7.36. The standard InChI is InChI=1S/C25H31Cl3O3S/c1-2-11-31-25(30)24-10-9-19(32-24)6-4-7-20-21(23(29)15-22(20)28)8-3-5-16-12-17(26)14-18(27)13-16/h9-10,12-14,20-23,29H,2-8,11,15H2,1H3/t20-,21-,22-,23-/m1/s1. The van der Waals surface area contributed by atoms with Gasteiger partial charge in [-0.1, -0.05) is 30.1 Å². The van der Waals surface area contributed by atoms with Crippen molar-refractivity contribution in [3.63, 3.8) is 0 Å². The van der Waals surface area contributed by atoms with E-state index in [0.29, 0.717) is 33.9 Å². The summed E-state index contributed by atoms with van der Waals surface area (Å²) in [4.78, 5) is 13.8. The lowest BCUT2D eigenvalue weighted by Gasteiger charge is -2.23. The van der Waals surface area contributed by atoms with E-state index in [-0.39, 0.29) is 23.4 Å². The molecule has 7 heteroatoms. The van der Waals surface area contributed by atoms with Crippen LogP contribution in [0.25, 0.3) is 0 Å². The van der Waals surface area contributed by atoms with Gasteiger partial charge in [-0.3, -0.25) is 0 Å². The SMILES string of the molecule is CCCOC(=O)c1ccc(CCC[C@@H]2[C@@H](CCCc3cc(Cl)cc(Cl)c3)[C@H](O)C[C@H]2Cl)s1. The summed E-state index contributed by atoms with van der Waals surface area (Å²) in [6.07, 6.45) is 6.81. The summed E-state index contributed by atoms with van der Waals surface area (Å²) in [5.74, 6) is 0.294. The number of benzene rings is 1. The second-order valence-corrected chi connectivity index (χ2v) is 11.2. The van der Waals surface area contributed by atoms with Crippen LogP contribution in [0.5, 0.6) is 0 Å². The Morgan fingerprint density at radius 1 is 1.09 bits per heavy atom. The predicted molar refractivity (Wildman–Crippen MR) is 134 cm³/mol. The Labute approximate surface area is 210 Å². The number of rotatable bonds is 11. The number of carbonyl (C=O) groups excluding carboxylic acids is 1. The fourth-order valence-electron chi connectivity index (χ4n) is 4.63. The molecule has 1 heterocycles. The summed E-state index contributed by atoms with van der Waals surface area (Å²) in [7, 11) is 0. The number of ether oxygens (including phenoxy) is 1. The molecule has 0 bridgehead atoms. The number of aliphatic hydroxyl groups is 1. The number of thiophene rings is 1. The van der Waals surface area contributed by atoms with E-state index in [4.69, 9.17) is 39.5 Å². The first kappa shape index (κ1) is 25.8. The van der Waals surface area contributed by atoms with E-state index in [2.05, 4.69) is 0 Å². The van der Waals surface area contributed by atoms with Crippen molar-refractivity contribution in [1.82, 2.24) is 0 Å². The smallest absolute Gasteiger partial charge is 0.348 e. The Hall–Kier alpha value is -0.780. The largest absolute Gasteiger partial charge is 0.462 e. The van der Waals surface area contributed by atoms with Gasteiger partial charge in [0.15, 0.2) is 0 Å². The molecule has 0 radical (unpaired) electrons. The fraction of sp³-hybridized carbons (Fsp3) is 0.560. The molecule has 1 fully saturated rings. The van der Waals surface area contributed by atoms with Gasteiger partial charge in [-0.15, -0.1) is 22.9 Å². The van der Waals surface area contributed by atoms with Crippen molar-refractivity contribution in [3.05, 3.63) is 55.7 Å². The van der Waals surface area contributed by atoms with E-state index in [9.17, 15) is 9.90 Å². The Kier molecular flexibility index (Phi) is 10.2. The number of hydrogen-bond acceptors (Lipinski definition) is 4. The van der Waals surface area contributed by atoms with Crippen molar-refractivity contribution < 1.29 is 14.6 Å². The number of hydrogen-bond donors (Lipinski definition) is 1. The zero-order valence-electron chi connectivity index (χ0n) is 18.4. The number of aryl methyl sites for hydroxylation is 2. The van der Waals surface area contributed by atoms with Gasteiger partial charge in [0.05, 0.1) is 12.7 Å². The summed E-state index contributed by atoms with van der Waals surface area (Å²) < 4.78 is 5.21. The first-order chi connectivity index (χ1) is 15.4. The van der Waals surface area contributed by atoms with Crippen LogP contribution < -0.4 is 0 Å². The van der Waals surface area contributed by atoms with Crippen molar-refractivity contribution in [3.8, 4) is 0 Å². The molecule has 1 aromatic heterocycles. The molecule has 0 unspecified atom stereocenters. The molecular weight excluding hydrogens is 487 g/mol. The third-order valence-electron chi connectivity index (χ3n) is 6.16. The highest BCUT2D eigenvalue weighted by Crippen LogP contribution is 2.42. The van der Waals surface area contributed by atoms with Crippen LogP contribution in [0, 0.1) is 11.8 Å². The Morgan fingerprint density at radius 2 is 1.78 bits per heavy atom. The minimum absolute atomic E-state index is 0.0125. The van der Waals surface area contributed by atoms with Gasteiger partial charge in [0.1, 0.15) is 4.88 Å². The molecule has 3 rings (SSSR count). The molecule has 4 atom stereocenters. The zero-order valence-corrected chi connectivity index (χ0v) is 21.5. The first-order valence-corrected chi connectivity index (χ1v) is 13.4. The minimum atomic E-state index is -0.341. The van der Waals surface area contributed by atoms with Gasteiger partial charge >= 0.3 is 5.97 Å². The molecule has 176 valence electrons. The number of carbonyl (C=O) groups is 1. The van der Waals surface area contributed by atoms with Gasteiger partial charge in [-0.25, -0.2) is 4.79 Å². The van der Waals surface area contributed by atoms with Crippen molar-refractivity contribution in [1.29, 1.82) is 0 Å². The molecule has 1 saturated carbocycles. The Balaban J connectivity index is 1.48. The van der Waals surface area contributed by atoms with Crippen LogP contribution in [0.15, 0.2) is 30.3 Å². The van der Waals surface area contributed by atoms with Crippen molar-refractivity contribution >= 4 is 52.1 Å². The second kappa shape index (κ2) is 12.6. The highest BCUT2D eigenvalue weighted by Gasteiger charge is 2.40. The maximum absolute atomic E-state index is 12.0. The maximum atomic E-state index is 12.0. The molecule has 32 heavy (non-hydrogen) atoms. The lowest BCUT2D eigenvalue weighted by Crippen LogP contribution is -2.21. The summed E-state index contributed by atoms with van der Waals surface area (Å²) in [5.41, 5.74) is 1.12. The second-order valence-electron chi connectivity index (χ2n) is 8.61. The molecule has 1 aromatic carbocycles. The quantitative estimate of drug-likeness (QED) is 0.247. The molecule has 0 saturated heterocycles. The number of alkyl halides is 1. The average molecular weight is 518 g/mol. The molecule has 1 N–H and O–H groups in total. The predicted octanol–water partition coefficient (Wildman–Crippen LogP) is 7.57. The van der Waals surface area contributed by atoms with E-state index in [1.165, 1.54) is 16.2 Å². The molecule has 1 aliphatic carbocycles. The molecule has 0 amide bonds. The first-order valence-electron chi connectivity index (χ1n) is 11.4. The summed E-state index contributed by atoms with van der Waals surface area (Å²) >= 11 is 20.3. The van der Waals surface area contributed by atoms with Gasteiger partial charge in [0.2, 0.25) is 0 Å². The number of halogens is 3. The van der Waals surface area contributed by atoms with Gasteiger partial charge in [-0.2, -0.15) is 0 Å². The van der Waals surface area contributed by atoms with Crippen molar-refractivity contribution in [2.75, 3.05) is 6.61 Å². The van der Waals surface area contributed by atoms with E-state index >= 15 is 0 Å². The van der Waals surface area contributed by atoms with Crippen LogP contribution in [0.4, 0.5) is 0 Å². The van der Waals surface area contributed by atoms with Gasteiger partial charge in [-0.05, 0) is 99.1 Å². The molecule has 3 nitrogen and oxygen atoms in total. The highest BCUT2D eigenvalue weighted by atomic mass is 35.5. The van der Waals surface area contributed by atoms with Crippen LogP contribution in [0.1, 0.15) is 65.6 Å². The van der Waals surface area contributed by atoms with E-state index in [1.54, 1.807) is 6.07 Å². The maximum Gasteiger partial charge on any atom is 0.348 e. The van der Waals surface area contributed by atoms with Crippen LogP contribution in [-0.2, 0) is 17.6 Å². The van der Waals surface area contributed by atoms with E-state index in [0.717, 1.165) is 50.5 Å². The van der Waals surface area contributed by atoms with Gasteiger partial charge in [0.25, 0.3) is 0 Å². The van der Waals surface area contributed by atoms with Crippen molar-refractivity contribution in [2.45, 2.75) is 69.8 Å². The molecule has 1 aliphatic rings. The van der Waals surface area contributed by atoms with Crippen LogP contribution in [0.3, 0.4) is 0 Å².